The molecule has 96 valence electrons. The fraction of sp³-hybridized carbons (Fsp3) is 0.429. The van der Waals surface area contributed by atoms with Crippen LogP contribution < -0.4 is 4.90 Å². The van der Waals surface area contributed by atoms with Crippen LogP contribution in [0.2, 0.25) is 0 Å². The molecule has 4 heteroatoms. The quantitative estimate of drug-likeness (QED) is 0.889. The molecule has 2 rings (SSSR count). The van der Waals surface area contributed by atoms with Gasteiger partial charge in [0.25, 0.3) is 0 Å². The van der Waals surface area contributed by atoms with Crippen molar-refractivity contribution in [3.05, 3.63) is 29.8 Å². The molecule has 0 saturated carbocycles. The molecule has 18 heavy (non-hydrogen) atoms. The molecule has 0 unspecified atom stereocenters. The largest absolute Gasteiger partial charge is 0.481 e. The molecule has 0 radical (unpaired) electrons. The Morgan fingerprint density at radius 2 is 2.06 bits per heavy atom. The van der Waals surface area contributed by atoms with Gasteiger partial charge in [-0.2, -0.15) is 0 Å². The molecule has 1 aliphatic heterocycles. The van der Waals surface area contributed by atoms with Crippen LogP contribution in [0.15, 0.2) is 24.3 Å². The molecule has 1 heterocycles. The van der Waals surface area contributed by atoms with E-state index in [1.54, 1.807) is 19.9 Å². The minimum Gasteiger partial charge on any atom is -0.481 e. The van der Waals surface area contributed by atoms with Gasteiger partial charge in [0.2, 0.25) is 0 Å². The van der Waals surface area contributed by atoms with Gasteiger partial charge in [0.1, 0.15) is 0 Å². The van der Waals surface area contributed by atoms with Gasteiger partial charge in [0.05, 0.1) is 5.41 Å². The first-order valence-electron chi connectivity index (χ1n) is 6.02. The summed E-state index contributed by atoms with van der Waals surface area (Å²) in [6.45, 7) is 4.40. The lowest BCUT2D eigenvalue weighted by Crippen LogP contribution is -2.42. The van der Waals surface area contributed by atoms with Gasteiger partial charge in [-0.1, -0.05) is 12.1 Å². The summed E-state index contributed by atoms with van der Waals surface area (Å²) in [5.41, 5.74) is 0.723. The highest BCUT2D eigenvalue weighted by Gasteiger charge is 2.32. The van der Waals surface area contributed by atoms with Crippen LogP contribution in [0.5, 0.6) is 0 Å². The molecular weight excluding hydrogens is 230 g/mol. The van der Waals surface area contributed by atoms with Crippen LogP contribution in [0.4, 0.5) is 5.69 Å². The summed E-state index contributed by atoms with van der Waals surface area (Å²) in [5.74, 6) is -0.688. The smallest absolute Gasteiger partial charge is 0.310 e. The molecule has 0 atom stereocenters. The minimum absolute atomic E-state index is 0.134. The van der Waals surface area contributed by atoms with Crippen molar-refractivity contribution in [2.75, 3.05) is 18.0 Å². The number of Topliss-reactive ketones (excluding diaryl/α,β-unsaturated/α-hetero) is 1. The Morgan fingerprint density at radius 1 is 1.39 bits per heavy atom. The summed E-state index contributed by atoms with van der Waals surface area (Å²) in [5, 5.41) is 9.18. The number of carboxylic acid groups (broad SMARTS) is 1. The maximum absolute atomic E-state index is 11.8. The molecule has 4 nitrogen and oxygen atoms in total. The van der Waals surface area contributed by atoms with Crippen LogP contribution in [0.3, 0.4) is 0 Å². The second-order valence-corrected chi connectivity index (χ2v) is 5.30. The summed E-state index contributed by atoms with van der Waals surface area (Å²) < 4.78 is 0. The zero-order valence-electron chi connectivity index (χ0n) is 10.6. The summed E-state index contributed by atoms with van der Waals surface area (Å²) in [6.07, 6.45) is 0.451. The Labute approximate surface area is 106 Å². The van der Waals surface area contributed by atoms with Crippen LogP contribution in [0, 0.1) is 5.41 Å². The second kappa shape index (κ2) is 4.44. The van der Waals surface area contributed by atoms with E-state index in [0.717, 1.165) is 5.69 Å². The Balaban J connectivity index is 2.30. The second-order valence-electron chi connectivity index (χ2n) is 5.30. The van der Waals surface area contributed by atoms with E-state index < -0.39 is 11.4 Å². The number of rotatable bonds is 3. The number of para-hydroxylation sites is 1. The van der Waals surface area contributed by atoms with Crippen molar-refractivity contribution < 1.29 is 14.7 Å². The average Bonchev–Trinajstić information content (AvgIpc) is 2.33. The lowest BCUT2D eigenvalue weighted by Gasteiger charge is -2.35. The highest BCUT2D eigenvalue weighted by molar-refractivity contribution is 6.03. The van der Waals surface area contributed by atoms with Crippen molar-refractivity contribution in [3.63, 3.8) is 0 Å². The van der Waals surface area contributed by atoms with Crippen LogP contribution in [0.1, 0.15) is 30.6 Å². The van der Waals surface area contributed by atoms with Crippen LogP contribution in [0.25, 0.3) is 0 Å². The first-order chi connectivity index (χ1) is 8.42. The molecule has 0 amide bonds. The number of hydrogen-bond acceptors (Lipinski definition) is 3. The standard InChI is InChI=1S/C14H17NO3/c1-14(2,13(17)18)9-15-8-7-12(16)10-5-3-4-6-11(10)15/h3-6H,7-9H2,1-2H3,(H,17,18). The maximum Gasteiger partial charge on any atom is 0.310 e. The monoisotopic (exact) mass is 247 g/mol. The molecule has 0 aliphatic carbocycles. The molecule has 1 aromatic rings. The number of carbonyl (C=O) groups excluding carboxylic acids is 1. The number of hydrogen-bond donors (Lipinski definition) is 1. The summed E-state index contributed by atoms with van der Waals surface area (Å²) in [4.78, 5) is 25.0. The molecule has 0 fully saturated rings. The number of carboxylic acids is 1. The van der Waals surface area contributed by atoms with E-state index >= 15 is 0 Å². The first-order valence-corrected chi connectivity index (χ1v) is 6.02. The van der Waals surface area contributed by atoms with Crippen LogP contribution >= 0.6 is 0 Å². The number of carbonyl (C=O) groups is 2. The fourth-order valence-electron chi connectivity index (χ4n) is 2.19. The summed E-state index contributed by atoms with van der Waals surface area (Å²) in [7, 11) is 0. The lowest BCUT2D eigenvalue weighted by atomic mass is 9.91. The van der Waals surface area contributed by atoms with Gasteiger partial charge in [-0.15, -0.1) is 0 Å². The Bertz CT molecular complexity index is 494. The van der Waals surface area contributed by atoms with Gasteiger partial charge in [-0.25, -0.2) is 0 Å². The SMILES string of the molecule is CC(C)(CN1CCC(=O)c2ccccc21)C(=O)O. The zero-order valence-corrected chi connectivity index (χ0v) is 10.6. The maximum atomic E-state index is 11.8. The van der Waals surface area contributed by atoms with Gasteiger partial charge in [-0.05, 0) is 26.0 Å². The van der Waals surface area contributed by atoms with E-state index in [-0.39, 0.29) is 5.78 Å². The third kappa shape index (κ3) is 2.23. The predicted molar refractivity (Wildman–Crippen MR) is 69.0 cm³/mol. The van der Waals surface area contributed by atoms with Gasteiger partial charge in [0, 0.05) is 30.8 Å². The van der Waals surface area contributed by atoms with Gasteiger partial charge in [-0.3, -0.25) is 9.59 Å². The zero-order chi connectivity index (χ0) is 13.3. The normalized spacial score (nSPS) is 15.4. The average molecular weight is 247 g/mol. The number of anilines is 1. The van der Waals surface area contributed by atoms with E-state index in [9.17, 15) is 14.7 Å². The van der Waals surface area contributed by atoms with Crippen molar-refractivity contribution in [3.8, 4) is 0 Å². The third-order valence-electron chi connectivity index (χ3n) is 3.32. The molecule has 0 aromatic heterocycles. The molecule has 1 aromatic carbocycles. The summed E-state index contributed by atoms with van der Waals surface area (Å²) in [6, 6.07) is 7.39. The van der Waals surface area contributed by atoms with Gasteiger partial charge < -0.3 is 10.0 Å². The van der Waals surface area contributed by atoms with Crippen LogP contribution in [-0.4, -0.2) is 29.9 Å². The summed E-state index contributed by atoms with van der Waals surface area (Å²) >= 11 is 0. The molecule has 1 N–H and O–H groups in total. The van der Waals surface area contributed by atoms with E-state index in [2.05, 4.69) is 0 Å². The minimum atomic E-state index is -0.826. The lowest BCUT2D eigenvalue weighted by molar-refractivity contribution is -0.146. The van der Waals surface area contributed by atoms with Gasteiger partial charge in [0.15, 0.2) is 5.78 Å². The van der Waals surface area contributed by atoms with Crippen molar-refractivity contribution in [1.82, 2.24) is 0 Å². The topological polar surface area (TPSA) is 57.6 Å². The van der Waals surface area contributed by atoms with Crippen molar-refractivity contribution in [1.29, 1.82) is 0 Å². The molecular formula is C14H17NO3. The number of nitrogens with zero attached hydrogens (tertiary/aromatic N) is 1. The first kappa shape index (κ1) is 12.6. The molecule has 1 aliphatic rings. The number of fused-ring (bicyclic) bond motifs is 1. The van der Waals surface area contributed by atoms with E-state index in [0.29, 0.717) is 25.1 Å². The predicted octanol–water partition coefficient (Wildman–Crippen LogP) is 2.19. The van der Waals surface area contributed by atoms with Gasteiger partial charge >= 0.3 is 5.97 Å². The highest BCUT2D eigenvalue weighted by Crippen LogP contribution is 2.30. The number of ketones is 1. The number of aliphatic carboxylic acids is 1. The van der Waals surface area contributed by atoms with Crippen molar-refractivity contribution >= 4 is 17.4 Å². The van der Waals surface area contributed by atoms with E-state index in [4.69, 9.17) is 0 Å². The van der Waals surface area contributed by atoms with Crippen molar-refractivity contribution in [2.45, 2.75) is 20.3 Å². The Kier molecular flexibility index (Phi) is 3.11. The third-order valence-corrected chi connectivity index (χ3v) is 3.32. The fourth-order valence-corrected chi connectivity index (χ4v) is 2.19. The Morgan fingerprint density at radius 3 is 2.72 bits per heavy atom. The molecule has 0 bridgehead atoms. The van der Waals surface area contributed by atoms with Crippen LogP contribution in [-0.2, 0) is 4.79 Å². The highest BCUT2D eigenvalue weighted by atomic mass is 16.4. The number of benzene rings is 1. The van der Waals surface area contributed by atoms with E-state index in [1.807, 2.05) is 23.1 Å². The van der Waals surface area contributed by atoms with Crippen molar-refractivity contribution in [2.24, 2.45) is 5.41 Å². The molecule has 0 saturated heterocycles. The van der Waals surface area contributed by atoms with E-state index in [1.165, 1.54) is 0 Å². The molecule has 0 spiro atoms. The Hall–Kier alpha value is -1.84.